The molecule has 2 aromatic heterocycles. The molecule has 0 aliphatic rings. The van der Waals surface area contributed by atoms with E-state index in [1.165, 1.54) is 9.75 Å². The van der Waals surface area contributed by atoms with E-state index in [2.05, 4.69) is 60.6 Å². The number of rotatable bonds is 2. The molecule has 0 amide bonds. The topological polar surface area (TPSA) is 43.8 Å². The highest BCUT2D eigenvalue weighted by Gasteiger charge is 2.16. The van der Waals surface area contributed by atoms with E-state index in [1.54, 1.807) is 6.20 Å². The first-order valence-corrected chi connectivity index (χ1v) is 7.33. The van der Waals surface area contributed by atoms with Gasteiger partial charge in [-0.05, 0) is 40.1 Å². The third kappa shape index (κ3) is 2.82. The van der Waals surface area contributed by atoms with Gasteiger partial charge in [-0.3, -0.25) is 0 Å². The molecule has 2 aromatic rings. The minimum Gasteiger partial charge on any atom is -0.383 e. The van der Waals surface area contributed by atoms with E-state index in [0.717, 1.165) is 15.9 Å². The monoisotopic (exact) mass is 361 g/mol. The Morgan fingerprint density at radius 1 is 1.41 bits per heavy atom. The zero-order valence-corrected chi connectivity index (χ0v) is 13.2. The number of nitrogen functional groups attached to an aromatic ring is 1. The van der Waals surface area contributed by atoms with Crippen LogP contribution in [-0.4, -0.2) is 9.78 Å². The van der Waals surface area contributed by atoms with E-state index in [-0.39, 0.29) is 5.41 Å². The van der Waals surface area contributed by atoms with Crippen LogP contribution in [0.1, 0.15) is 30.5 Å². The summed E-state index contributed by atoms with van der Waals surface area (Å²) in [7, 11) is 0. The second-order valence-electron chi connectivity index (χ2n) is 5.05. The largest absolute Gasteiger partial charge is 0.383 e. The van der Waals surface area contributed by atoms with E-state index < -0.39 is 0 Å². The molecule has 17 heavy (non-hydrogen) atoms. The van der Waals surface area contributed by atoms with Crippen LogP contribution in [0.4, 0.5) is 5.82 Å². The highest BCUT2D eigenvalue weighted by atomic mass is 127. The molecule has 0 spiro atoms. The predicted octanol–water partition coefficient (Wildman–Crippen LogP) is 3.48. The Morgan fingerprint density at radius 2 is 2.12 bits per heavy atom. The highest BCUT2D eigenvalue weighted by Crippen LogP contribution is 2.30. The Morgan fingerprint density at radius 3 is 2.59 bits per heavy atom. The number of nitrogens with two attached hydrogens (primary N) is 1. The van der Waals surface area contributed by atoms with Crippen molar-refractivity contribution in [2.24, 2.45) is 0 Å². The maximum absolute atomic E-state index is 5.94. The molecule has 2 heterocycles. The Bertz CT molecular complexity index is 522. The lowest BCUT2D eigenvalue weighted by Crippen LogP contribution is -2.08. The van der Waals surface area contributed by atoms with Gasteiger partial charge in [0.15, 0.2) is 0 Å². The van der Waals surface area contributed by atoms with Crippen LogP contribution in [0.2, 0.25) is 0 Å². The first-order chi connectivity index (χ1) is 7.88. The second-order valence-corrected chi connectivity index (χ2v) is 7.38. The summed E-state index contributed by atoms with van der Waals surface area (Å²) in [5.74, 6) is 0.747. The summed E-state index contributed by atoms with van der Waals surface area (Å²) < 4.78 is 2.86. The minimum absolute atomic E-state index is 0.215. The molecule has 2 rings (SSSR count). The van der Waals surface area contributed by atoms with Crippen LogP contribution in [0.3, 0.4) is 0 Å². The van der Waals surface area contributed by atoms with Gasteiger partial charge in [0.25, 0.3) is 0 Å². The third-order valence-electron chi connectivity index (χ3n) is 2.54. The zero-order valence-electron chi connectivity index (χ0n) is 10.2. The van der Waals surface area contributed by atoms with Gasteiger partial charge >= 0.3 is 0 Å². The second kappa shape index (κ2) is 4.61. The van der Waals surface area contributed by atoms with Crippen LogP contribution in [0, 0.1) is 3.57 Å². The molecule has 0 saturated heterocycles. The van der Waals surface area contributed by atoms with Gasteiger partial charge < -0.3 is 5.73 Å². The quantitative estimate of drug-likeness (QED) is 0.833. The lowest BCUT2D eigenvalue weighted by molar-refractivity contribution is 0.604. The van der Waals surface area contributed by atoms with Gasteiger partial charge in [0.2, 0.25) is 0 Å². The molecule has 2 N–H and O–H groups in total. The molecule has 3 nitrogen and oxygen atoms in total. The van der Waals surface area contributed by atoms with Crippen molar-refractivity contribution in [1.29, 1.82) is 0 Å². The fourth-order valence-electron chi connectivity index (χ4n) is 1.51. The molecule has 0 unspecified atom stereocenters. The Hall–Kier alpha value is -0.560. The van der Waals surface area contributed by atoms with Crippen LogP contribution in [0.15, 0.2) is 18.3 Å². The molecule has 0 saturated carbocycles. The molecule has 92 valence electrons. The normalized spacial score (nSPS) is 12.0. The van der Waals surface area contributed by atoms with Crippen LogP contribution in [0.5, 0.6) is 0 Å². The van der Waals surface area contributed by atoms with E-state index in [9.17, 15) is 0 Å². The van der Waals surface area contributed by atoms with Gasteiger partial charge in [-0.1, -0.05) is 20.8 Å². The van der Waals surface area contributed by atoms with Gasteiger partial charge in [-0.15, -0.1) is 11.3 Å². The average molecular weight is 361 g/mol. The first-order valence-electron chi connectivity index (χ1n) is 5.44. The fourth-order valence-corrected chi connectivity index (χ4v) is 2.96. The number of nitrogens with zero attached hydrogens (tertiary/aromatic N) is 2. The summed E-state index contributed by atoms with van der Waals surface area (Å²) in [6, 6.07) is 4.36. The van der Waals surface area contributed by atoms with Crippen LogP contribution >= 0.6 is 33.9 Å². The van der Waals surface area contributed by atoms with Crippen molar-refractivity contribution in [3.8, 4) is 0 Å². The molecule has 0 radical (unpaired) electrons. The van der Waals surface area contributed by atoms with Crippen molar-refractivity contribution in [3.63, 3.8) is 0 Å². The van der Waals surface area contributed by atoms with Crippen molar-refractivity contribution in [2.75, 3.05) is 5.73 Å². The lowest BCUT2D eigenvalue weighted by atomic mass is 9.95. The summed E-state index contributed by atoms with van der Waals surface area (Å²) in [4.78, 5) is 2.69. The number of thiophene rings is 1. The molecule has 0 bridgehead atoms. The molecule has 5 heteroatoms. The fraction of sp³-hybridized carbons (Fsp3) is 0.417. The summed E-state index contributed by atoms with van der Waals surface area (Å²) in [5.41, 5.74) is 6.16. The van der Waals surface area contributed by atoms with E-state index >= 15 is 0 Å². The molecular weight excluding hydrogens is 345 g/mol. The maximum Gasteiger partial charge on any atom is 0.135 e. The number of aromatic nitrogens is 2. The summed E-state index contributed by atoms with van der Waals surface area (Å²) in [6.45, 7) is 7.45. The Labute approximate surface area is 119 Å². The zero-order chi connectivity index (χ0) is 12.6. The summed E-state index contributed by atoms with van der Waals surface area (Å²) in [6.07, 6.45) is 1.80. The van der Waals surface area contributed by atoms with Crippen molar-refractivity contribution in [2.45, 2.75) is 32.7 Å². The van der Waals surface area contributed by atoms with Gasteiger partial charge in [-0.25, -0.2) is 4.68 Å². The molecule has 0 atom stereocenters. The SMILES string of the molecule is CC(C)(C)c1ccc(Cn2ncc(I)c2N)s1. The Balaban J connectivity index is 2.20. The van der Waals surface area contributed by atoms with Crippen LogP contribution in [-0.2, 0) is 12.0 Å². The molecular formula is C12H16IN3S. The summed E-state index contributed by atoms with van der Waals surface area (Å²) in [5, 5.41) is 4.27. The average Bonchev–Trinajstić information content (AvgIpc) is 2.80. The smallest absolute Gasteiger partial charge is 0.135 e. The van der Waals surface area contributed by atoms with Crippen LogP contribution < -0.4 is 5.73 Å². The van der Waals surface area contributed by atoms with E-state index in [4.69, 9.17) is 5.73 Å². The molecule has 0 aromatic carbocycles. The van der Waals surface area contributed by atoms with Crippen molar-refractivity contribution in [3.05, 3.63) is 31.7 Å². The number of anilines is 1. The molecule has 0 aliphatic carbocycles. The molecule has 0 aliphatic heterocycles. The van der Waals surface area contributed by atoms with Gasteiger partial charge in [0.05, 0.1) is 16.3 Å². The molecule has 0 fully saturated rings. The number of hydrogen-bond acceptors (Lipinski definition) is 3. The van der Waals surface area contributed by atoms with Gasteiger partial charge in [-0.2, -0.15) is 5.10 Å². The van der Waals surface area contributed by atoms with E-state index in [0.29, 0.717) is 0 Å². The van der Waals surface area contributed by atoms with Gasteiger partial charge in [0, 0.05) is 9.75 Å². The van der Waals surface area contributed by atoms with Crippen molar-refractivity contribution < 1.29 is 0 Å². The third-order valence-corrected chi connectivity index (χ3v) is 4.87. The minimum atomic E-state index is 0.215. The first kappa shape index (κ1) is 12.9. The van der Waals surface area contributed by atoms with Crippen molar-refractivity contribution >= 4 is 39.7 Å². The van der Waals surface area contributed by atoms with Gasteiger partial charge in [0.1, 0.15) is 5.82 Å². The Kier molecular flexibility index (Phi) is 3.49. The number of hydrogen-bond donors (Lipinski definition) is 1. The van der Waals surface area contributed by atoms with E-state index in [1.807, 2.05) is 16.0 Å². The summed E-state index contributed by atoms with van der Waals surface area (Å²) >= 11 is 4.03. The number of halogens is 1. The maximum atomic E-state index is 5.94. The lowest BCUT2D eigenvalue weighted by Gasteiger charge is -2.15. The predicted molar refractivity (Wildman–Crippen MR) is 81.5 cm³/mol. The van der Waals surface area contributed by atoms with Crippen LogP contribution in [0.25, 0.3) is 0 Å². The standard InChI is InChI=1S/C12H16IN3S/c1-12(2,3)10-5-4-8(17-10)7-16-11(14)9(13)6-15-16/h4-6H,7,14H2,1-3H3. The van der Waals surface area contributed by atoms with Crippen molar-refractivity contribution in [1.82, 2.24) is 9.78 Å². The highest BCUT2D eigenvalue weighted by molar-refractivity contribution is 14.1.